The minimum Gasteiger partial charge on any atom is -0.482 e. The lowest BCUT2D eigenvalue weighted by Crippen LogP contribution is -2.30. The second kappa shape index (κ2) is 4.46. The number of guanidine groups is 1. The summed E-state index contributed by atoms with van der Waals surface area (Å²) >= 11 is 0. The van der Waals surface area contributed by atoms with Crippen LogP contribution in [0.15, 0.2) is 12.1 Å². The number of rotatable bonds is 2. The van der Waals surface area contributed by atoms with E-state index in [0.717, 1.165) is 36.4 Å². The Bertz CT molecular complexity index is 556. The number of benzene rings is 1. The van der Waals surface area contributed by atoms with E-state index in [0.29, 0.717) is 11.7 Å². The summed E-state index contributed by atoms with van der Waals surface area (Å²) in [5, 5.41) is 13.7. The van der Waals surface area contributed by atoms with Crippen molar-refractivity contribution >= 4 is 23.2 Å². The van der Waals surface area contributed by atoms with Gasteiger partial charge in [0.05, 0.1) is 11.4 Å². The number of ether oxygens (including phenoxy) is 1. The Balaban J connectivity index is 2.04. The van der Waals surface area contributed by atoms with E-state index < -0.39 is 0 Å². The fourth-order valence-electron chi connectivity index (χ4n) is 2.43. The maximum atomic E-state index is 11.3. The van der Waals surface area contributed by atoms with Crippen molar-refractivity contribution in [3.63, 3.8) is 0 Å². The Morgan fingerprint density at radius 2 is 2.32 bits per heavy atom. The molecular formula is C13H16N4O2. The number of hydrogen-bond acceptors (Lipinski definition) is 3. The maximum absolute atomic E-state index is 11.3. The summed E-state index contributed by atoms with van der Waals surface area (Å²) in [6.45, 7) is 3.66. The van der Waals surface area contributed by atoms with Crippen molar-refractivity contribution < 1.29 is 9.53 Å². The summed E-state index contributed by atoms with van der Waals surface area (Å²) in [5.74, 6) is 0.957. The second-order valence-electron chi connectivity index (χ2n) is 4.59. The van der Waals surface area contributed by atoms with Crippen molar-refractivity contribution in [3.8, 4) is 5.75 Å². The molecule has 19 heavy (non-hydrogen) atoms. The molecule has 0 spiro atoms. The SMILES string of the molecule is CCc1cc2c(cc1N1CCNC1=N)OCC(=O)N2. The molecule has 1 saturated heterocycles. The van der Waals surface area contributed by atoms with Gasteiger partial charge in [-0.2, -0.15) is 0 Å². The third-order valence-electron chi connectivity index (χ3n) is 3.38. The first-order chi connectivity index (χ1) is 9.19. The fraction of sp³-hybridized carbons (Fsp3) is 0.385. The molecule has 0 saturated carbocycles. The number of carbonyl (C=O) groups is 1. The second-order valence-corrected chi connectivity index (χ2v) is 4.59. The number of aryl methyl sites for hydroxylation is 1. The molecule has 3 N–H and O–H groups in total. The highest BCUT2D eigenvalue weighted by molar-refractivity contribution is 5.99. The minimum absolute atomic E-state index is 0.0492. The molecule has 0 bridgehead atoms. The van der Waals surface area contributed by atoms with E-state index in [4.69, 9.17) is 10.1 Å². The van der Waals surface area contributed by atoms with Gasteiger partial charge in [0, 0.05) is 19.2 Å². The van der Waals surface area contributed by atoms with E-state index in [-0.39, 0.29) is 12.5 Å². The highest BCUT2D eigenvalue weighted by Gasteiger charge is 2.24. The molecule has 0 atom stereocenters. The molecule has 0 radical (unpaired) electrons. The molecule has 2 aliphatic rings. The van der Waals surface area contributed by atoms with Gasteiger partial charge < -0.3 is 20.3 Å². The summed E-state index contributed by atoms with van der Waals surface area (Å²) in [7, 11) is 0. The van der Waals surface area contributed by atoms with Crippen LogP contribution in [0.2, 0.25) is 0 Å². The minimum atomic E-state index is -0.127. The van der Waals surface area contributed by atoms with Crippen LogP contribution in [0.5, 0.6) is 5.75 Å². The molecule has 6 nitrogen and oxygen atoms in total. The van der Waals surface area contributed by atoms with Crippen LogP contribution in [0.3, 0.4) is 0 Å². The standard InChI is InChI=1S/C13H16N4O2/c1-2-8-5-9-11(19-7-12(18)16-9)6-10(8)17-4-3-15-13(17)14/h5-6H,2-4,7H2,1H3,(H2,14,15)(H,16,18). The van der Waals surface area contributed by atoms with Crippen molar-refractivity contribution in [3.05, 3.63) is 17.7 Å². The van der Waals surface area contributed by atoms with E-state index in [2.05, 4.69) is 17.6 Å². The lowest BCUT2D eigenvalue weighted by molar-refractivity contribution is -0.118. The summed E-state index contributed by atoms with van der Waals surface area (Å²) in [4.78, 5) is 13.3. The molecule has 0 unspecified atom stereocenters. The van der Waals surface area contributed by atoms with Crippen molar-refractivity contribution in [2.75, 3.05) is 29.9 Å². The molecular weight excluding hydrogens is 244 g/mol. The lowest BCUT2D eigenvalue weighted by atomic mass is 10.1. The van der Waals surface area contributed by atoms with E-state index >= 15 is 0 Å². The van der Waals surface area contributed by atoms with Gasteiger partial charge in [-0.15, -0.1) is 0 Å². The predicted molar refractivity (Wildman–Crippen MR) is 73.0 cm³/mol. The van der Waals surface area contributed by atoms with E-state index in [1.165, 1.54) is 0 Å². The number of amides is 1. The number of nitrogens with zero attached hydrogens (tertiary/aromatic N) is 1. The molecule has 1 amide bonds. The molecule has 1 aromatic carbocycles. The van der Waals surface area contributed by atoms with Crippen LogP contribution in [0.1, 0.15) is 12.5 Å². The first-order valence-corrected chi connectivity index (χ1v) is 6.38. The number of carbonyl (C=O) groups excluding carboxylic acids is 1. The van der Waals surface area contributed by atoms with Gasteiger partial charge in [0.15, 0.2) is 12.6 Å². The summed E-state index contributed by atoms with van der Waals surface area (Å²) < 4.78 is 5.44. The van der Waals surface area contributed by atoms with Gasteiger partial charge in [-0.3, -0.25) is 10.2 Å². The molecule has 2 aliphatic heterocycles. The molecule has 2 heterocycles. The third-order valence-corrected chi connectivity index (χ3v) is 3.38. The zero-order valence-corrected chi connectivity index (χ0v) is 10.7. The van der Waals surface area contributed by atoms with Gasteiger partial charge in [-0.25, -0.2) is 0 Å². The number of hydrogen-bond donors (Lipinski definition) is 3. The van der Waals surface area contributed by atoms with E-state index in [1.54, 1.807) is 0 Å². The molecule has 0 aromatic heterocycles. The monoisotopic (exact) mass is 260 g/mol. The lowest BCUT2D eigenvalue weighted by Gasteiger charge is -2.25. The predicted octanol–water partition coefficient (Wildman–Crippen LogP) is 0.924. The highest BCUT2D eigenvalue weighted by Crippen LogP contribution is 2.36. The maximum Gasteiger partial charge on any atom is 0.262 e. The summed E-state index contributed by atoms with van der Waals surface area (Å²) in [6.07, 6.45) is 0.836. The van der Waals surface area contributed by atoms with Crippen LogP contribution < -0.4 is 20.3 Å². The van der Waals surface area contributed by atoms with Crippen molar-refractivity contribution in [2.45, 2.75) is 13.3 Å². The zero-order chi connectivity index (χ0) is 13.4. The van der Waals surface area contributed by atoms with Crippen LogP contribution >= 0.6 is 0 Å². The average molecular weight is 260 g/mol. The van der Waals surface area contributed by atoms with Gasteiger partial charge in [0.25, 0.3) is 5.91 Å². The summed E-state index contributed by atoms with van der Waals surface area (Å²) in [5.41, 5.74) is 2.79. The largest absolute Gasteiger partial charge is 0.482 e. The van der Waals surface area contributed by atoms with Gasteiger partial charge in [-0.05, 0) is 18.1 Å². The topological polar surface area (TPSA) is 77.5 Å². The van der Waals surface area contributed by atoms with Gasteiger partial charge in [0.1, 0.15) is 5.75 Å². The van der Waals surface area contributed by atoms with Crippen molar-refractivity contribution in [1.29, 1.82) is 5.41 Å². The Morgan fingerprint density at radius 3 is 3.00 bits per heavy atom. The van der Waals surface area contributed by atoms with Crippen LogP contribution in [0, 0.1) is 5.41 Å². The highest BCUT2D eigenvalue weighted by atomic mass is 16.5. The van der Waals surface area contributed by atoms with E-state index in [9.17, 15) is 4.79 Å². The first kappa shape index (κ1) is 11.8. The third kappa shape index (κ3) is 1.99. The van der Waals surface area contributed by atoms with Crippen LogP contribution in [0.25, 0.3) is 0 Å². The van der Waals surface area contributed by atoms with Gasteiger partial charge in [-0.1, -0.05) is 6.92 Å². The number of fused-ring (bicyclic) bond motifs is 1. The fourth-order valence-corrected chi connectivity index (χ4v) is 2.43. The van der Waals surface area contributed by atoms with Crippen molar-refractivity contribution in [1.82, 2.24) is 5.32 Å². The van der Waals surface area contributed by atoms with Gasteiger partial charge in [0.2, 0.25) is 0 Å². The van der Waals surface area contributed by atoms with Crippen LogP contribution in [-0.4, -0.2) is 31.6 Å². The first-order valence-electron chi connectivity index (χ1n) is 6.38. The molecule has 0 aliphatic carbocycles. The Morgan fingerprint density at radius 1 is 1.47 bits per heavy atom. The van der Waals surface area contributed by atoms with Gasteiger partial charge >= 0.3 is 0 Å². The smallest absolute Gasteiger partial charge is 0.262 e. The number of nitrogens with one attached hydrogen (secondary N) is 3. The molecule has 6 heteroatoms. The van der Waals surface area contributed by atoms with E-state index in [1.807, 2.05) is 17.0 Å². The number of anilines is 2. The zero-order valence-electron chi connectivity index (χ0n) is 10.7. The Labute approximate surface area is 111 Å². The molecule has 100 valence electrons. The Kier molecular flexibility index (Phi) is 2.77. The quantitative estimate of drug-likeness (QED) is 0.739. The molecule has 1 fully saturated rings. The Hall–Kier alpha value is -2.24. The molecule has 3 rings (SSSR count). The van der Waals surface area contributed by atoms with Crippen LogP contribution in [0.4, 0.5) is 11.4 Å². The average Bonchev–Trinajstić information content (AvgIpc) is 2.83. The summed E-state index contributed by atoms with van der Waals surface area (Å²) in [6, 6.07) is 3.85. The van der Waals surface area contributed by atoms with Crippen molar-refractivity contribution in [2.24, 2.45) is 0 Å². The van der Waals surface area contributed by atoms with Crippen LogP contribution in [-0.2, 0) is 11.2 Å². The normalized spacial score (nSPS) is 17.6. The molecule has 1 aromatic rings.